The van der Waals surface area contributed by atoms with Crippen molar-refractivity contribution in [3.8, 4) is 11.4 Å². The third-order valence-electron chi connectivity index (χ3n) is 3.94. The average molecular weight is 271 g/mol. The second-order valence-corrected chi connectivity index (χ2v) is 5.40. The zero-order valence-corrected chi connectivity index (χ0v) is 11.9. The topological polar surface area (TPSA) is 30.3 Å². The summed E-state index contributed by atoms with van der Waals surface area (Å²) in [6, 6.07) is 10.6. The minimum atomic E-state index is 0.531. The van der Waals surface area contributed by atoms with E-state index in [2.05, 4.69) is 17.0 Å². The molecule has 2 heterocycles. The van der Waals surface area contributed by atoms with Gasteiger partial charge in [-0.3, -0.25) is 0 Å². The maximum absolute atomic E-state index is 5.89. The van der Waals surface area contributed by atoms with E-state index in [9.17, 15) is 0 Å². The van der Waals surface area contributed by atoms with Crippen molar-refractivity contribution in [2.45, 2.75) is 25.3 Å². The molecule has 4 heteroatoms. The van der Waals surface area contributed by atoms with Gasteiger partial charge in [-0.15, -0.1) is 0 Å². The lowest BCUT2D eigenvalue weighted by Crippen LogP contribution is -2.40. The average Bonchev–Trinajstić information content (AvgIpc) is 2.96. The molecule has 1 aliphatic rings. The van der Waals surface area contributed by atoms with E-state index in [1.54, 1.807) is 6.20 Å². The number of hydrogen-bond acceptors (Lipinski definition) is 3. The summed E-state index contributed by atoms with van der Waals surface area (Å²) in [6.07, 6.45) is 7.57. The van der Waals surface area contributed by atoms with Gasteiger partial charge in [0.05, 0.1) is 18.1 Å². The Balaban J connectivity index is 1.60. The van der Waals surface area contributed by atoms with E-state index < -0.39 is 0 Å². The van der Waals surface area contributed by atoms with E-state index in [1.807, 2.05) is 41.2 Å². The number of para-hydroxylation sites is 1. The number of rotatable bonds is 4. The predicted octanol–water partition coefficient (Wildman–Crippen LogP) is 2.74. The SMILES string of the molecule is CN1CCCCC1COc1cnn(-c2ccccc2)c1. The molecule has 1 saturated heterocycles. The van der Waals surface area contributed by atoms with Crippen LogP contribution in [0.4, 0.5) is 0 Å². The molecule has 0 bridgehead atoms. The van der Waals surface area contributed by atoms with Crippen LogP contribution in [0.3, 0.4) is 0 Å². The second-order valence-electron chi connectivity index (χ2n) is 5.40. The van der Waals surface area contributed by atoms with Crippen molar-refractivity contribution >= 4 is 0 Å². The van der Waals surface area contributed by atoms with Gasteiger partial charge in [-0.25, -0.2) is 4.68 Å². The van der Waals surface area contributed by atoms with Crippen LogP contribution in [0.2, 0.25) is 0 Å². The van der Waals surface area contributed by atoms with Crippen LogP contribution in [0.25, 0.3) is 5.69 Å². The van der Waals surface area contributed by atoms with Crippen LogP contribution in [0.15, 0.2) is 42.7 Å². The number of hydrogen-bond donors (Lipinski definition) is 0. The maximum Gasteiger partial charge on any atom is 0.157 e. The van der Waals surface area contributed by atoms with Crippen LogP contribution >= 0.6 is 0 Å². The van der Waals surface area contributed by atoms with Crippen molar-refractivity contribution in [1.29, 1.82) is 0 Å². The van der Waals surface area contributed by atoms with Gasteiger partial charge in [0, 0.05) is 6.04 Å². The number of likely N-dealkylation sites (tertiary alicyclic amines) is 1. The van der Waals surface area contributed by atoms with Gasteiger partial charge < -0.3 is 9.64 Å². The molecule has 1 aromatic carbocycles. The number of benzene rings is 1. The van der Waals surface area contributed by atoms with Gasteiger partial charge in [-0.2, -0.15) is 5.10 Å². The highest BCUT2D eigenvalue weighted by atomic mass is 16.5. The van der Waals surface area contributed by atoms with Crippen molar-refractivity contribution in [3.63, 3.8) is 0 Å². The fourth-order valence-corrected chi connectivity index (χ4v) is 2.65. The summed E-state index contributed by atoms with van der Waals surface area (Å²) >= 11 is 0. The van der Waals surface area contributed by atoms with Gasteiger partial charge in [-0.1, -0.05) is 24.6 Å². The van der Waals surface area contributed by atoms with Gasteiger partial charge >= 0.3 is 0 Å². The summed E-state index contributed by atoms with van der Waals surface area (Å²) in [4.78, 5) is 2.39. The van der Waals surface area contributed by atoms with E-state index in [-0.39, 0.29) is 0 Å². The lowest BCUT2D eigenvalue weighted by molar-refractivity contribution is 0.125. The van der Waals surface area contributed by atoms with Crippen LogP contribution in [0.1, 0.15) is 19.3 Å². The number of piperidine rings is 1. The Morgan fingerprint density at radius 2 is 2.10 bits per heavy atom. The second kappa shape index (κ2) is 6.09. The maximum atomic E-state index is 5.89. The molecular formula is C16H21N3O. The predicted molar refractivity (Wildman–Crippen MR) is 79.3 cm³/mol. The minimum Gasteiger partial charge on any atom is -0.489 e. The van der Waals surface area contributed by atoms with Gasteiger partial charge in [0.25, 0.3) is 0 Å². The first kappa shape index (κ1) is 13.2. The molecule has 1 aliphatic heterocycles. The zero-order chi connectivity index (χ0) is 13.8. The monoisotopic (exact) mass is 271 g/mol. The molecule has 4 nitrogen and oxygen atoms in total. The highest BCUT2D eigenvalue weighted by molar-refractivity contribution is 5.32. The molecule has 3 rings (SSSR count). The van der Waals surface area contributed by atoms with Crippen molar-refractivity contribution in [1.82, 2.24) is 14.7 Å². The molecule has 1 aromatic heterocycles. The molecular weight excluding hydrogens is 250 g/mol. The van der Waals surface area contributed by atoms with Gasteiger partial charge in [0.1, 0.15) is 6.61 Å². The van der Waals surface area contributed by atoms with E-state index in [0.29, 0.717) is 6.04 Å². The minimum absolute atomic E-state index is 0.531. The summed E-state index contributed by atoms with van der Waals surface area (Å²) < 4.78 is 7.74. The molecule has 0 spiro atoms. The van der Waals surface area contributed by atoms with E-state index >= 15 is 0 Å². The summed E-state index contributed by atoms with van der Waals surface area (Å²) in [5, 5.41) is 4.35. The van der Waals surface area contributed by atoms with E-state index in [1.165, 1.54) is 25.8 Å². The smallest absolute Gasteiger partial charge is 0.157 e. The highest BCUT2D eigenvalue weighted by Gasteiger charge is 2.19. The Hall–Kier alpha value is -1.81. The van der Waals surface area contributed by atoms with E-state index in [0.717, 1.165) is 18.0 Å². The van der Waals surface area contributed by atoms with Crippen molar-refractivity contribution in [3.05, 3.63) is 42.7 Å². The lowest BCUT2D eigenvalue weighted by atomic mass is 10.0. The fourth-order valence-electron chi connectivity index (χ4n) is 2.65. The number of likely N-dealkylation sites (N-methyl/N-ethyl adjacent to an activating group) is 1. The van der Waals surface area contributed by atoms with Gasteiger partial charge in [-0.05, 0) is 38.6 Å². The largest absolute Gasteiger partial charge is 0.489 e. The molecule has 0 N–H and O–H groups in total. The molecule has 1 fully saturated rings. The normalized spacial score (nSPS) is 19.9. The molecule has 2 aromatic rings. The standard InChI is InChI=1S/C16H21N3O/c1-18-10-6-5-9-15(18)13-20-16-11-17-19(12-16)14-7-3-2-4-8-14/h2-4,7-8,11-12,15H,5-6,9-10,13H2,1H3. The first-order valence-corrected chi connectivity index (χ1v) is 7.26. The Morgan fingerprint density at radius 3 is 2.90 bits per heavy atom. The van der Waals surface area contributed by atoms with Crippen LogP contribution in [-0.4, -0.2) is 40.9 Å². The third-order valence-corrected chi connectivity index (χ3v) is 3.94. The number of ether oxygens (including phenoxy) is 1. The lowest BCUT2D eigenvalue weighted by Gasteiger charge is -2.31. The molecule has 0 saturated carbocycles. The molecule has 0 radical (unpaired) electrons. The Morgan fingerprint density at radius 1 is 1.25 bits per heavy atom. The summed E-state index contributed by atoms with van der Waals surface area (Å²) in [6.45, 7) is 1.92. The number of nitrogens with zero attached hydrogens (tertiary/aromatic N) is 3. The Kier molecular flexibility index (Phi) is 4.02. The Labute approximate surface area is 120 Å². The van der Waals surface area contributed by atoms with E-state index in [4.69, 9.17) is 4.74 Å². The van der Waals surface area contributed by atoms with Crippen LogP contribution < -0.4 is 4.74 Å². The summed E-state index contributed by atoms with van der Waals surface area (Å²) in [5.41, 5.74) is 1.05. The molecule has 20 heavy (non-hydrogen) atoms. The summed E-state index contributed by atoms with van der Waals surface area (Å²) in [5.74, 6) is 0.841. The van der Waals surface area contributed by atoms with Crippen molar-refractivity contribution in [2.75, 3.05) is 20.2 Å². The van der Waals surface area contributed by atoms with Gasteiger partial charge in [0.2, 0.25) is 0 Å². The fraction of sp³-hybridized carbons (Fsp3) is 0.438. The molecule has 106 valence electrons. The molecule has 1 unspecified atom stereocenters. The molecule has 1 atom stereocenters. The van der Waals surface area contributed by atoms with Crippen LogP contribution in [0, 0.1) is 0 Å². The van der Waals surface area contributed by atoms with Gasteiger partial charge in [0.15, 0.2) is 5.75 Å². The van der Waals surface area contributed by atoms with Crippen LogP contribution in [0.5, 0.6) is 5.75 Å². The highest BCUT2D eigenvalue weighted by Crippen LogP contribution is 2.18. The third kappa shape index (κ3) is 3.02. The summed E-state index contributed by atoms with van der Waals surface area (Å²) in [7, 11) is 2.18. The first-order chi connectivity index (χ1) is 9.83. The molecule has 0 aliphatic carbocycles. The first-order valence-electron chi connectivity index (χ1n) is 7.26. The molecule has 0 amide bonds. The number of aromatic nitrogens is 2. The van der Waals surface area contributed by atoms with Crippen molar-refractivity contribution in [2.24, 2.45) is 0 Å². The zero-order valence-electron chi connectivity index (χ0n) is 11.9. The Bertz CT molecular complexity index is 538. The van der Waals surface area contributed by atoms with Crippen LogP contribution in [-0.2, 0) is 0 Å². The quantitative estimate of drug-likeness (QED) is 0.856. The van der Waals surface area contributed by atoms with Crippen molar-refractivity contribution < 1.29 is 4.74 Å².